The number of amides is 1. The van der Waals surface area contributed by atoms with E-state index in [1.807, 2.05) is 23.1 Å². The molecule has 3 heterocycles. The number of carbonyl (C=O) groups excluding carboxylic acids is 2. The summed E-state index contributed by atoms with van der Waals surface area (Å²) in [6.45, 7) is 8.06. The molecule has 172 valence electrons. The van der Waals surface area contributed by atoms with Crippen molar-refractivity contribution in [1.82, 2.24) is 10.2 Å². The van der Waals surface area contributed by atoms with E-state index >= 15 is 0 Å². The molecule has 0 radical (unpaired) electrons. The zero-order chi connectivity index (χ0) is 23.2. The Morgan fingerprint density at radius 2 is 1.97 bits per heavy atom. The van der Waals surface area contributed by atoms with Crippen LogP contribution in [-0.4, -0.2) is 35.9 Å². The van der Waals surface area contributed by atoms with Crippen molar-refractivity contribution in [2.75, 3.05) is 13.1 Å². The fourth-order valence-electron chi connectivity index (χ4n) is 5.67. The standard InChI is InChI=1S/C28H32N2O3/c1-18(2)15-28(22-10-6-7-19(3)13-22)24-17-30(12-11-23(24)27(32)33-28)26(31)25-14-20-8-4-5-9-21(20)16-29-25/h4-10,13,18,25,29H,11-12,14-17H2,1-3H3/t25-,28?/m1/s1. The summed E-state index contributed by atoms with van der Waals surface area (Å²) in [5.41, 5.74) is 5.59. The van der Waals surface area contributed by atoms with Crippen LogP contribution in [0.1, 0.15) is 48.9 Å². The molecular formula is C28H32N2O3. The van der Waals surface area contributed by atoms with Crippen molar-refractivity contribution in [3.63, 3.8) is 0 Å². The maximum absolute atomic E-state index is 13.6. The fourth-order valence-corrected chi connectivity index (χ4v) is 5.67. The molecule has 0 saturated carbocycles. The summed E-state index contributed by atoms with van der Waals surface area (Å²) in [6, 6.07) is 16.3. The first-order valence-corrected chi connectivity index (χ1v) is 12.0. The van der Waals surface area contributed by atoms with E-state index in [4.69, 9.17) is 4.74 Å². The van der Waals surface area contributed by atoms with E-state index in [9.17, 15) is 9.59 Å². The van der Waals surface area contributed by atoms with Gasteiger partial charge in [-0.2, -0.15) is 0 Å². The van der Waals surface area contributed by atoms with Crippen molar-refractivity contribution in [2.45, 2.75) is 58.2 Å². The van der Waals surface area contributed by atoms with Crippen LogP contribution in [0.15, 0.2) is 59.7 Å². The molecule has 1 unspecified atom stereocenters. The Bertz CT molecular complexity index is 1140. The van der Waals surface area contributed by atoms with Gasteiger partial charge in [-0.1, -0.05) is 67.9 Å². The van der Waals surface area contributed by atoms with E-state index in [1.165, 1.54) is 11.1 Å². The Labute approximate surface area is 195 Å². The van der Waals surface area contributed by atoms with Crippen LogP contribution in [0.4, 0.5) is 0 Å². The van der Waals surface area contributed by atoms with Crippen LogP contribution < -0.4 is 5.32 Å². The molecule has 2 aromatic rings. The number of ether oxygens (including phenoxy) is 1. The van der Waals surface area contributed by atoms with Gasteiger partial charge < -0.3 is 15.0 Å². The van der Waals surface area contributed by atoms with Crippen LogP contribution >= 0.6 is 0 Å². The van der Waals surface area contributed by atoms with Crippen molar-refractivity contribution in [2.24, 2.45) is 5.92 Å². The molecule has 1 N–H and O–H groups in total. The first kappa shape index (κ1) is 21.9. The van der Waals surface area contributed by atoms with Crippen LogP contribution in [0, 0.1) is 12.8 Å². The van der Waals surface area contributed by atoms with Crippen LogP contribution in [0.5, 0.6) is 0 Å². The molecule has 1 amide bonds. The van der Waals surface area contributed by atoms with E-state index in [0.29, 0.717) is 44.8 Å². The minimum absolute atomic E-state index is 0.109. The summed E-state index contributed by atoms with van der Waals surface area (Å²) in [7, 11) is 0. The van der Waals surface area contributed by atoms with Crippen molar-refractivity contribution in [1.29, 1.82) is 0 Å². The summed E-state index contributed by atoms with van der Waals surface area (Å²) >= 11 is 0. The molecule has 5 nitrogen and oxygen atoms in total. The molecule has 5 heteroatoms. The number of nitrogens with zero attached hydrogens (tertiary/aromatic N) is 1. The molecule has 33 heavy (non-hydrogen) atoms. The lowest BCUT2D eigenvalue weighted by Crippen LogP contribution is -2.52. The number of hydrogen-bond donors (Lipinski definition) is 1. The molecule has 0 aliphatic carbocycles. The Morgan fingerprint density at radius 3 is 2.73 bits per heavy atom. The van der Waals surface area contributed by atoms with Gasteiger partial charge in [0.15, 0.2) is 5.60 Å². The topological polar surface area (TPSA) is 58.6 Å². The number of fused-ring (bicyclic) bond motifs is 1. The van der Waals surface area contributed by atoms with Gasteiger partial charge in [0.1, 0.15) is 0 Å². The largest absolute Gasteiger partial charge is 0.446 e. The maximum Gasteiger partial charge on any atom is 0.335 e. The van der Waals surface area contributed by atoms with Crippen LogP contribution in [0.2, 0.25) is 0 Å². The third-order valence-electron chi connectivity index (χ3n) is 7.22. The molecule has 0 bridgehead atoms. The Morgan fingerprint density at radius 1 is 1.18 bits per heavy atom. The summed E-state index contributed by atoms with van der Waals surface area (Å²) in [5.74, 6) is 0.217. The van der Waals surface area contributed by atoms with Gasteiger partial charge in [-0.25, -0.2) is 4.79 Å². The molecule has 3 aliphatic rings. The predicted molar refractivity (Wildman–Crippen MR) is 127 cm³/mol. The number of hydrogen-bond acceptors (Lipinski definition) is 4. The number of cyclic esters (lactones) is 1. The molecule has 3 aliphatic heterocycles. The van der Waals surface area contributed by atoms with Gasteiger partial charge in [-0.3, -0.25) is 4.79 Å². The Balaban J connectivity index is 1.45. The molecule has 2 atom stereocenters. The average Bonchev–Trinajstić information content (AvgIpc) is 3.09. The second kappa shape index (κ2) is 8.45. The van der Waals surface area contributed by atoms with Crippen LogP contribution in [-0.2, 0) is 32.9 Å². The summed E-state index contributed by atoms with van der Waals surface area (Å²) in [4.78, 5) is 28.5. The minimum Gasteiger partial charge on any atom is -0.446 e. The van der Waals surface area contributed by atoms with Gasteiger partial charge in [0.25, 0.3) is 0 Å². The molecule has 0 spiro atoms. The molecule has 0 aromatic heterocycles. The van der Waals surface area contributed by atoms with Crippen molar-refractivity contribution in [3.8, 4) is 0 Å². The second-order valence-corrected chi connectivity index (χ2v) is 10.1. The molecule has 2 aromatic carbocycles. The van der Waals surface area contributed by atoms with E-state index < -0.39 is 5.60 Å². The van der Waals surface area contributed by atoms with Gasteiger partial charge in [-0.15, -0.1) is 0 Å². The van der Waals surface area contributed by atoms with E-state index in [-0.39, 0.29) is 17.9 Å². The number of nitrogens with one attached hydrogen (secondary N) is 1. The lowest BCUT2D eigenvalue weighted by atomic mass is 9.77. The number of esters is 1. The van der Waals surface area contributed by atoms with Crippen molar-refractivity contribution >= 4 is 11.9 Å². The smallest absolute Gasteiger partial charge is 0.335 e. The number of aryl methyl sites for hydroxylation is 1. The maximum atomic E-state index is 13.6. The summed E-state index contributed by atoms with van der Waals surface area (Å²) in [6.07, 6.45) is 1.95. The molecular weight excluding hydrogens is 412 g/mol. The van der Waals surface area contributed by atoms with Gasteiger partial charge in [0.05, 0.1) is 6.04 Å². The normalized spacial score (nSPS) is 24.5. The Kier molecular flexibility index (Phi) is 5.61. The third-order valence-corrected chi connectivity index (χ3v) is 7.22. The fraction of sp³-hybridized carbons (Fsp3) is 0.429. The van der Waals surface area contributed by atoms with E-state index in [0.717, 1.165) is 22.3 Å². The lowest BCUT2D eigenvalue weighted by Gasteiger charge is -2.38. The second-order valence-electron chi connectivity index (χ2n) is 10.1. The summed E-state index contributed by atoms with van der Waals surface area (Å²) < 4.78 is 6.20. The highest BCUT2D eigenvalue weighted by molar-refractivity contribution is 5.94. The van der Waals surface area contributed by atoms with Gasteiger partial charge in [0.2, 0.25) is 5.91 Å². The molecule has 5 rings (SSSR count). The molecule has 0 saturated heterocycles. The SMILES string of the molecule is Cc1cccc(C2(CC(C)C)OC(=O)C3=C2CN(C(=O)[C@H]2Cc4ccccc4CN2)CC3)c1. The number of benzene rings is 2. The molecule has 0 fully saturated rings. The number of carbonyl (C=O) groups is 2. The first-order valence-electron chi connectivity index (χ1n) is 12.0. The highest BCUT2D eigenvalue weighted by atomic mass is 16.6. The minimum atomic E-state index is -0.794. The van der Waals surface area contributed by atoms with Crippen LogP contribution in [0.25, 0.3) is 0 Å². The average molecular weight is 445 g/mol. The van der Waals surface area contributed by atoms with E-state index in [2.05, 4.69) is 56.4 Å². The van der Waals surface area contributed by atoms with E-state index in [1.54, 1.807) is 0 Å². The predicted octanol–water partition coefficient (Wildman–Crippen LogP) is 4.04. The van der Waals surface area contributed by atoms with Gasteiger partial charge in [0, 0.05) is 36.3 Å². The zero-order valence-electron chi connectivity index (χ0n) is 19.7. The summed E-state index contributed by atoms with van der Waals surface area (Å²) in [5, 5.41) is 3.43. The van der Waals surface area contributed by atoms with Crippen molar-refractivity contribution in [3.05, 3.63) is 81.9 Å². The van der Waals surface area contributed by atoms with Crippen molar-refractivity contribution < 1.29 is 14.3 Å². The lowest BCUT2D eigenvalue weighted by molar-refractivity contribution is -0.149. The number of rotatable bonds is 4. The first-order chi connectivity index (χ1) is 15.9. The monoisotopic (exact) mass is 444 g/mol. The van der Waals surface area contributed by atoms with Crippen LogP contribution in [0.3, 0.4) is 0 Å². The zero-order valence-corrected chi connectivity index (χ0v) is 19.7. The van der Waals surface area contributed by atoms with Gasteiger partial charge >= 0.3 is 5.97 Å². The third kappa shape index (κ3) is 3.89. The quantitative estimate of drug-likeness (QED) is 0.724. The highest BCUT2D eigenvalue weighted by Crippen LogP contribution is 2.48. The highest BCUT2D eigenvalue weighted by Gasteiger charge is 2.51. The van der Waals surface area contributed by atoms with Gasteiger partial charge in [-0.05, 0) is 43.2 Å². The Hall–Kier alpha value is -2.92.